The van der Waals surface area contributed by atoms with Crippen LogP contribution >= 0.6 is 0 Å². The molecule has 0 fully saturated rings. The molecule has 0 heterocycles. The van der Waals surface area contributed by atoms with Gasteiger partial charge in [-0.3, -0.25) is 0 Å². The van der Waals surface area contributed by atoms with Gasteiger partial charge in [-0.05, 0) is 27.2 Å². The SMILES string of the molecule is CC(C)(C)NCC(F)CCC(F)(F)F. The Morgan fingerprint density at radius 3 is 2.00 bits per heavy atom. The molecule has 0 aliphatic carbocycles. The van der Waals surface area contributed by atoms with Crippen LogP contribution in [-0.4, -0.2) is 24.4 Å². The Morgan fingerprint density at radius 1 is 1.14 bits per heavy atom. The van der Waals surface area contributed by atoms with Crippen molar-refractivity contribution in [3.8, 4) is 0 Å². The highest BCUT2D eigenvalue weighted by molar-refractivity contribution is 4.73. The lowest BCUT2D eigenvalue weighted by Crippen LogP contribution is -2.40. The topological polar surface area (TPSA) is 12.0 Å². The molecule has 5 heteroatoms. The van der Waals surface area contributed by atoms with Gasteiger partial charge in [-0.15, -0.1) is 0 Å². The van der Waals surface area contributed by atoms with Gasteiger partial charge in [-0.1, -0.05) is 0 Å². The van der Waals surface area contributed by atoms with Crippen molar-refractivity contribution in [2.24, 2.45) is 0 Å². The lowest BCUT2D eigenvalue weighted by atomic mass is 10.1. The summed E-state index contributed by atoms with van der Waals surface area (Å²) in [6.07, 6.45) is -7.21. The fourth-order valence-corrected chi connectivity index (χ4v) is 0.839. The summed E-state index contributed by atoms with van der Waals surface area (Å²) in [6.45, 7) is 5.48. The standard InChI is InChI=1S/C9H17F4N/c1-8(2,3)14-6-7(10)4-5-9(11,12)13/h7,14H,4-6H2,1-3H3. The number of nitrogens with one attached hydrogen (secondary N) is 1. The molecule has 0 amide bonds. The normalized spacial score (nSPS) is 15.6. The Hall–Kier alpha value is -0.320. The summed E-state index contributed by atoms with van der Waals surface area (Å²) < 4.78 is 48.0. The number of alkyl halides is 4. The Kier molecular flexibility index (Phi) is 4.84. The van der Waals surface area contributed by atoms with Gasteiger partial charge in [-0.2, -0.15) is 13.2 Å². The van der Waals surface area contributed by atoms with Crippen LogP contribution < -0.4 is 5.32 Å². The first-order valence-corrected chi connectivity index (χ1v) is 4.56. The van der Waals surface area contributed by atoms with Gasteiger partial charge >= 0.3 is 6.18 Å². The van der Waals surface area contributed by atoms with Crippen LogP contribution in [0.2, 0.25) is 0 Å². The molecule has 0 aliphatic heterocycles. The van der Waals surface area contributed by atoms with Gasteiger partial charge in [0.15, 0.2) is 0 Å². The van der Waals surface area contributed by atoms with Gasteiger partial charge < -0.3 is 5.32 Å². The fraction of sp³-hybridized carbons (Fsp3) is 1.00. The van der Waals surface area contributed by atoms with Crippen molar-refractivity contribution in [3.63, 3.8) is 0 Å². The zero-order chi connectivity index (χ0) is 11.4. The molecule has 0 saturated carbocycles. The molecule has 1 unspecified atom stereocenters. The maximum atomic E-state index is 12.9. The largest absolute Gasteiger partial charge is 0.389 e. The fourth-order valence-electron chi connectivity index (χ4n) is 0.839. The number of hydrogen-bond donors (Lipinski definition) is 1. The summed E-state index contributed by atoms with van der Waals surface area (Å²) in [6, 6.07) is 0. The van der Waals surface area contributed by atoms with E-state index in [0.717, 1.165) is 0 Å². The highest BCUT2D eigenvalue weighted by Crippen LogP contribution is 2.22. The van der Waals surface area contributed by atoms with Crippen molar-refractivity contribution >= 4 is 0 Å². The zero-order valence-corrected chi connectivity index (χ0v) is 8.71. The van der Waals surface area contributed by atoms with Gasteiger partial charge in [0.25, 0.3) is 0 Å². The lowest BCUT2D eigenvalue weighted by molar-refractivity contribution is -0.138. The second kappa shape index (κ2) is 4.96. The minimum Gasteiger partial charge on any atom is -0.309 e. The van der Waals surface area contributed by atoms with Crippen LogP contribution in [0.15, 0.2) is 0 Å². The second-order valence-electron chi connectivity index (χ2n) is 4.38. The van der Waals surface area contributed by atoms with Gasteiger partial charge in [-0.25, -0.2) is 4.39 Å². The smallest absolute Gasteiger partial charge is 0.309 e. The van der Waals surface area contributed by atoms with E-state index >= 15 is 0 Å². The molecule has 0 saturated heterocycles. The van der Waals surface area contributed by atoms with E-state index in [2.05, 4.69) is 5.32 Å². The molecular formula is C9H17F4N. The Balaban J connectivity index is 3.62. The maximum absolute atomic E-state index is 12.9. The minimum atomic E-state index is -4.26. The Bertz CT molecular complexity index is 141. The molecule has 0 rings (SSSR count). The molecule has 14 heavy (non-hydrogen) atoms. The first-order valence-electron chi connectivity index (χ1n) is 4.56. The van der Waals surface area contributed by atoms with E-state index in [9.17, 15) is 17.6 Å². The molecule has 0 aromatic heterocycles. The van der Waals surface area contributed by atoms with Crippen LogP contribution in [-0.2, 0) is 0 Å². The molecule has 86 valence electrons. The van der Waals surface area contributed by atoms with E-state index in [1.54, 1.807) is 0 Å². The van der Waals surface area contributed by atoms with E-state index in [0.29, 0.717) is 0 Å². The molecule has 0 bridgehead atoms. The third-order valence-electron chi connectivity index (χ3n) is 1.59. The quantitative estimate of drug-likeness (QED) is 0.711. The van der Waals surface area contributed by atoms with Crippen LogP contribution in [0, 0.1) is 0 Å². The van der Waals surface area contributed by atoms with Gasteiger partial charge in [0, 0.05) is 18.5 Å². The van der Waals surface area contributed by atoms with Crippen molar-refractivity contribution in [2.75, 3.05) is 6.54 Å². The third-order valence-corrected chi connectivity index (χ3v) is 1.59. The van der Waals surface area contributed by atoms with Crippen LogP contribution in [0.3, 0.4) is 0 Å². The number of rotatable bonds is 4. The van der Waals surface area contributed by atoms with Crippen molar-refractivity contribution in [1.82, 2.24) is 5.32 Å². The molecule has 0 aliphatic rings. The highest BCUT2D eigenvalue weighted by Gasteiger charge is 2.28. The summed E-state index contributed by atoms with van der Waals surface area (Å²) in [5, 5.41) is 2.82. The van der Waals surface area contributed by atoms with E-state index in [-0.39, 0.29) is 12.1 Å². The third kappa shape index (κ3) is 9.77. The molecule has 1 atom stereocenters. The van der Waals surface area contributed by atoms with Crippen LogP contribution in [0.1, 0.15) is 33.6 Å². The summed E-state index contributed by atoms with van der Waals surface area (Å²) >= 11 is 0. The molecule has 1 nitrogen and oxygen atoms in total. The first-order chi connectivity index (χ1) is 6.10. The van der Waals surface area contributed by atoms with E-state index < -0.39 is 25.2 Å². The first kappa shape index (κ1) is 13.7. The van der Waals surface area contributed by atoms with E-state index in [1.807, 2.05) is 20.8 Å². The maximum Gasteiger partial charge on any atom is 0.389 e. The van der Waals surface area contributed by atoms with Crippen LogP contribution in [0.25, 0.3) is 0 Å². The molecule has 1 N–H and O–H groups in total. The summed E-state index contributed by atoms with van der Waals surface area (Å²) in [5.41, 5.74) is -0.261. The monoisotopic (exact) mass is 215 g/mol. The van der Waals surface area contributed by atoms with E-state index in [4.69, 9.17) is 0 Å². The molecule has 0 spiro atoms. The summed E-state index contributed by atoms with van der Waals surface area (Å²) in [5.74, 6) is 0. The Labute approximate surface area is 81.9 Å². The molecule has 0 aromatic rings. The van der Waals surface area contributed by atoms with Crippen molar-refractivity contribution < 1.29 is 17.6 Å². The predicted octanol–water partition coefficient (Wildman–Crippen LogP) is 3.06. The highest BCUT2D eigenvalue weighted by atomic mass is 19.4. The minimum absolute atomic E-state index is 0.0282. The van der Waals surface area contributed by atoms with Gasteiger partial charge in [0.05, 0.1) is 0 Å². The van der Waals surface area contributed by atoms with Crippen molar-refractivity contribution in [1.29, 1.82) is 0 Å². The molecule has 0 aromatic carbocycles. The van der Waals surface area contributed by atoms with Crippen molar-refractivity contribution in [2.45, 2.75) is 51.5 Å². The van der Waals surface area contributed by atoms with Gasteiger partial charge in [0.1, 0.15) is 6.17 Å². The Morgan fingerprint density at radius 2 is 1.64 bits per heavy atom. The predicted molar refractivity (Wildman–Crippen MR) is 47.9 cm³/mol. The molecular weight excluding hydrogens is 198 g/mol. The van der Waals surface area contributed by atoms with E-state index in [1.165, 1.54) is 0 Å². The van der Waals surface area contributed by atoms with Crippen LogP contribution in [0.5, 0.6) is 0 Å². The average molecular weight is 215 g/mol. The lowest BCUT2D eigenvalue weighted by Gasteiger charge is -2.22. The summed E-state index contributed by atoms with van der Waals surface area (Å²) in [7, 11) is 0. The zero-order valence-electron chi connectivity index (χ0n) is 8.71. The summed E-state index contributed by atoms with van der Waals surface area (Å²) in [4.78, 5) is 0. The number of halogens is 4. The average Bonchev–Trinajstić information content (AvgIpc) is 1.94. The molecule has 0 radical (unpaired) electrons. The second-order valence-corrected chi connectivity index (χ2v) is 4.38. The number of hydrogen-bond acceptors (Lipinski definition) is 1. The van der Waals surface area contributed by atoms with Crippen molar-refractivity contribution in [3.05, 3.63) is 0 Å². The van der Waals surface area contributed by atoms with Gasteiger partial charge in [0.2, 0.25) is 0 Å². The van der Waals surface area contributed by atoms with Crippen LogP contribution in [0.4, 0.5) is 17.6 Å².